The van der Waals surface area contributed by atoms with Crippen LogP contribution >= 0.6 is 49.9 Å². The SMILES string of the molecule is O=Cc1cc(-c2ccc(C3=CC=CC3)s2)sc1-c1ccc(Br)s1. The molecule has 0 N–H and O–H groups in total. The van der Waals surface area contributed by atoms with E-state index in [1.807, 2.05) is 12.1 Å². The molecule has 4 rings (SSSR count). The predicted octanol–water partition coefficient (Wildman–Crippen LogP) is 7.12. The average molecular weight is 419 g/mol. The summed E-state index contributed by atoms with van der Waals surface area (Å²) in [7, 11) is 0. The van der Waals surface area contributed by atoms with Gasteiger partial charge < -0.3 is 0 Å². The smallest absolute Gasteiger partial charge is 0.151 e. The molecule has 0 atom stereocenters. The Morgan fingerprint density at radius 1 is 0.957 bits per heavy atom. The number of hydrogen-bond acceptors (Lipinski definition) is 4. The van der Waals surface area contributed by atoms with Crippen molar-refractivity contribution in [3.05, 3.63) is 62.8 Å². The van der Waals surface area contributed by atoms with Crippen molar-refractivity contribution in [2.75, 3.05) is 0 Å². The zero-order valence-corrected chi connectivity index (χ0v) is 15.9. The summed E-state index contributed by atoms with van der Waals surface area (Å²) in [5.41, 5.74) is 2.15. The van der Waals surface area contributed by atoms with E-state index in [-0.39, 0.29) is 0 Å². The van der Waals surface area contributed by atoms with Crippen LogP contribution in [-0.4, -0.2) is 6.29 Å². The van der Waals surface area contributed by atoms with E-state index in [1.165, 1.54) is 15.3 Å². The molecule has 0 spiro atoms. The fraction of sp³-hybridized carbons (Fsp3) is 0.0556. The molecule has 1 aliphatic rings. The van der Waals surface area contributed by atoms with Crippen molar-refractivity contribution >= 4 is 61.8 Å². The van der Waals surface area contributed by atoms with E-state index >= 15 is 0 Å². The van der Waals surface area contributed by atoms with E-state index in [9.17, 15) is 4.79 Å². The molecule has 3 heterocycles. The Morgan fingerprint density at radius 2 is 1.78 bits per heavy atom. The predicted molar refractivity (Wildman–Crippen MR) is 106 cm³/mol. The Morgan fingerprint density at radius 3 is 2.48 bits per heavy atom. The summed E-state index contributed by atoms with van der Waals surface area (Å²) in [5.74, 6) is 0. The van der Waals surface area contributed by atoms with Crippen LogP contribution in [0.1, 0.15) is 21.7 Å². The standard InChI is InChI=1S/C18H11BrOS3/c19-17-8-7-15(22-17)18-12(10-20)9-16(23-18)14-6-5-13(21-14)11-3-1-2-4-11/h1-3,5-10H,4H2. The third-order valence-electron chi connectivity index (χ3n) is 3.62. The first-order valence-electron chi connectivity index (χ1n) is 7.05. The fourth-order valence-electron chi connectivity index (χ4n) is 2.52. The van der Waals surface area contributed by atoms with Crippen molar-refractivity contribution < 1.29 is 4.79 Å². The Kier molecular flexibility index (Phi) is 4.20. The quantitative estimate of drug-likeness (QED) is 0.412. The van der Waals surface area contributed by atoms with Gasteiger partial charge in [-0.1, -0.05) is 18.2 Å². The molecule has 5 heteroatoms. The largest absolute Gasteiger partial charge is 0.298 e. The number of carbonyl (C=O) groups excluding carboxylic acids is 1. The summed E-state index contributed by atoms with van der Waals surface area (Å²) in [4.78, 5) is 17.3. The summed E-state index contributed by atoms with van der Waals surface area (Å²) in [6, 6.07) is 10.4. The molecule has 1 nitrogen and oxygen atoms in total. The number of aldehydes is 1. The summed E-state index contributed by atoms with van der Waals surface area (Å²) >= 11 is 8.64. The molecular formula is C18H11BrOS3. The van der Waals surface area contributed by atoms with Crippen molar-refractivity contribution in [3.8, 4) is 19.5 Å². The summed E-state index contributed by atoms with van der Waals surface area (Å²) < 4.78 is 1.08. The minimum absolute atomic E-state index is 0.774. The van der Waals surface area contributed by atoms with Crippen LogP contribution in [0.4, 0.5) is 0 Å². The normalized spacial score (nSPS) is 13.5. The van der Waals surface area contributed by atoms with Gasteiger partial charge in [-0.2, -0.15) is 0 Å². The van der Waals surface area contributed by atoms with E-state index in [0.29, 0.717) is 0 Å². The molecule has 0 saturated carbocycles. The fourth-order valence-corrected chi connectivity index (χ4v) is 6.28. The molecule has 3 aromatic rings. The summed E-state index contributed by atoms with van der Waals surface area (Å²) in [6.07, 6.45) is 8.43. The molecule has 0 amide bonds. The van der Waals surface area contributed by atoms with Crippen LogP contribution in [0.25, 0.3) is 25.1 Å². The maximum Gasteiger partial charge on any atom is 0.151 e. The molecule has 0 unspecified atom stereocenters. The Labute approximate surface area is 154 Å². The maximum absolute atomic E-state index is 11.5. The number of rotatable bonds is 4. The first-order valence-corrected chi connectivity index (χ1v) is 10.3. The van der Waals surface area contributed by atoms with Gasteiger partial charge in [0.05, 0.1) is 8.66 Å². The Hall–Kier alpha value is -1.27. The highest BCUT2D eigenvalue weighted by molar-refractivity contribution is 9.11. The number of thiophene rings is 3. The van der Waals surface area contributed by atoms with Crippen molar-refractivity contribution in [2.24, 2.45) is 0 Å². The molecule has 3 aromatic heterocycles. The van der Waals surface area contributed by atoms with Crippen LogP contribution in [0.3, 0.4) is 0 Å². The highest BCUT2D eigenvalue weighted by Gasteiger charge is 2.15. The molecule has 0 aliphatic heterocycles. The number of hydrogen-bond donors (Lipinski definition) is 0. The van der Waals surface area contributed by atoms with Crippen molar-refractivity contribution in [1.82, 2.24) is 0 Å². The lowest BCUT2D eigenvalue weighted by Gasteiger charge is -1.95. The molecule has 23 heavy (non-hydrogen) atoms. The van der Waals surface area contributed by atoms with E-state index in [1.54, 1.807) is 34.0 Å². The van der Waals surface area contributed by atoms with Crippen molar-refractivity contribution in [1.29, 1.82) is 0 Å². The first kappa shape index (κ1) is 15.3. The summed E-state index contributed by atoms with van der Waals surface area (Å²) in [5, 5.41) is 0. The minimum Gasteiger partial charge on any atom is -0.298 e. The van der Waals surface area contributed by atoms with Gasteiger partial charge in [-0.15, -0.1) is 34.0 Å². The van der Waals surface area contributed by atoms with Crippen LogP contribution in [0.15, 0.2) is 52.3 Å². The van der Waals surface area contributed by atoms with Crippen LogP contribution in [-0.2, 0) is 0 Å². The van der Waals surface area contributed by atoms with E-state index in [4.69, 9.17) is 0 Å². The number of allylic oxidation sites excluding steroid dienone is 4. The van der Waals surface area contributed by atoms with E-state index in [0.717, 1.165) is 36.7 Å². The van der Waals surface area contributed by atoms with Crippen molar-refractivity contribution in [3.63, 3.8) is 0 Å². The van der Waals surface area contributed by atoms with Gasteiger partial charge in [-0.05, 0) is 58.3 Å². The van der Waals surface area contributed by atoms with Gasteiger partial charge in [-0.3, -0.25) is 4.79 Å². The zero-order chi connectivity index (χ0) is 15.8. The minimum atomic E-state index is 0.774. The average Bonchev–Trinajstić information content (AvgIpc) is 3.31. The molecule has 0 radical (unpaired) electrons. The van der Waals surface area contributed by atoms with Gasteiger partial charge >= 0.3 is 0 Å². The van der Waals surface area contributed by atoms with Crippen LogP contribution < -0.4 is 0 Å². The molecule has 1 aliphatic carbocycles. The summed E-state index contributed by atoms with van der Waals surface area (Å²) in [6.45, 7) is 0. The highest BCUT2D eigenvalue weighted by atomic mass is 79.9. The lowest BCUT2D eigenvalue weighted by molar-refractivity contribution is 0.112. The van der Waals surface area contributed by atoms with Gasteiger partial charge in [0.2, 0.25) is 0 Å². The van der Waals surface area contributed by atoms with Gasteiger partial charge in [0.1, 0.15) is 0 Å². The monoisotopic (exact) mass is 418 g/mol. The molecule has 0 fully saturated rings. The lowest BCUT2D eigenvalue weighted by Crippen LogP contribution is -1.75. The second-order valence-corrected chi connectivity index (χ2v) is 9.70. The van der Waals surface area contributed by atoms with Gasteiger partial charge in [0.25, 0.3) is 0 Å². The Bertz CT molecular complexity index is 939. The topological polar surface area (TPSA) is 17.1 Å². The molecule has 114 valence electrons. The third kappa shape index (κ3) is 2.94. The first-order chi connectivity index (χ1) is 11.2. The number of halogens is 1. The van der Waals surface area contributed by atoms with Gasteiger partial charge in [0.15, 0.2) is 6.29 Å². The van der Waals surface area contributed by atoms with Crippen LogP contribution in [0.5, 0.6) is 0 Å². The van der Waals surface area contributed by atoms with Crippen molar-refractivity contribution in [2.45, 2.75) is 6.42 Å². The molecule has 0 aromatic carbocycles. The second-order valence-electron chi connectivity index (χ2n) is 5.10. The zero-order valence-electron chi connectivity index (χ0n) is 11.9. The molecular weight excluding hydrogens is 408 g/mol. The highest BCUT2D eigenvalue weighted by Crippen LogP contribution is 2.44. The van der Waals surface area contributed by atoms with Crippen LogP contribution in [0, 0.1) is 0 Å². The third-order valence-corrected chi connectivity index (χ3v) is 7.93. The van der Waals surface area contributed by atoms with E-state index < -0.39 is 0 Å². The van der Waals surface area contributed by atoms with E-state index in [2.05, 4.69) is 52.4 Å². The second kappa shape index (κ2) is 6.32. The maximum atomic E-state index is 11.5. The van der Waals surface area contributed by atoms with Crippen LogP contribution in [0.2, 0.25) is 0 Å². The number of carbonyl (C=O) groups is 1. The lowest BCUT2D eigenvalue weighted by atomic mass is 10.2. The molecule has 0 saturated heterocycles. The Balaban J connectivity index is 1.72. The van der Waals surface area contributed by atoms with Gasteiger partial charge in [0, 0.05) is 25.1 Å². The molecule has 0 bridgehead atoms. The van der Waals surface area contributed by atoms with Gasteiger partial charge in [-0.25, -0.2) is 0 Å².